The molecular weight excluding hydrogens is 406 g/mol. The van der Waals surface area contributed by atoms with E-state index in [0.717, 1.165) is 24.1 Å². The summed E-state index contributed by atoms with van der Waals surface area (Å²) in [6.07, 6.45) is 9.19. The lowest BCUT2D eigenvalue weighted by molar-refractivity contribution is -0.133. The highest BCUT2D eigenvalue weighted by atomic mass is 16.4. The number of aryl methyl sites for hydroxylation is 1. The van der Waals surface area contributed by atoms with E-state index in [2.05, 4.69) is 22.9 Å². The zero-order valence-electron chi connectivity index (χ0n) is 18.9. The molecule has 32 heavy (non-hydrogen) atoms. The zero-order valence-corrected chi connectivity index (χ0v) is 18.9. The van der Waals surface area contributed by atoms with Crippen LogP contribution < -0.4 is 21.5 Å². The Morgan fingerprint density at radius 1 is 1.38 bits per heavy atom. The topological polar surface area (TPSA) is 108 Å². The third kappa shape index (κ3) is 4.14. The Bertz CT molecular complexity index is 1150. The van der Waals surface area contributed by atoms with Gasteiger partial charge in [0.25, 0.3) is 5.56 Å². The maximum Gasteiger partial charge on any atom is 0.335 e. The minimum absolute atomic E-state index is 0.0912. The molecule has 8 heteroatoms. The summed E-state index contributed by atoms with van der Waals surface area (Å²) in [5.74, 6) is -0.412. The molecule has 1 unspecified atom stereocenters. The highest BCUT2D eigenvalue weighted by Crippen LogP contribution is 2.43. The minimum atomic E-state index is -0.979. The number of aliphatic carboxylic acids is 1. The van der Waals surface area contributed by atoms with Crippen molar-refractivity contribution in [3.63, 3.8) is 0 Å². The number of nitrogens with zero attached hydrogens (tertiary/aromatic N) is 2. The van der Waals surface area contributed by atoms with Crippen molar-refractivity contribution >= 4 is 22.8 Å². The number of carbonyl (C=O) groups is 1. The molecule has 1 fully saturated rings. The van der Waals surface area contributed by atoms with E-state index >= 15 is 0 Å². The summed E-state index contributed by atoms with van der Waals surface area (Å²) in [6, 6.07) is 3.86. The summed E-state index contributed by atoms with van der Waals surface area (Å²) in [5, 5.41) is 19.7. The fraction of sp³-hybridized carbons (Fsp3) is 0.458. The monoisotopic (exact) mass is 437 g/mol. The number of fused-ring (bicyclic) bond motifs is 1. The quantitative estimate of drug-likeness (QED) is 0.503. The first-order valence-corrected chi connectivity index (χ1v) is 11.2. The lowest BCUT2D eigenvalue weighted by Crippen LogP contribution is -2.44. The second-order valence-electron chi connectivity index (χ2n) is 8.95. The number of carboxylic acids is 1. The number of carboxylic acid groups (broad SMARTS) is 1. The molecule has 170 valence electrons. The van der Waals surface area contributed by atoms with Gasteiger partial charge in [-0.15, -0.1) is 0 Å². The molecule has 4 N–H and O–H groups in total. The number of hydrogen-bond donors (Lipinski definition) is 4. The van der Waals surface area contributed by atoms with Crippen molar-refractivity contribution in [2.24, 2.45) is 12.5 Å². The molecule has 0 amide bonds. The van der Waals surface area contributed by atoms with E-state index in [-0.39, 0.29) is 11.1 Å². The average molecular weight is 438 g/mol. The molecule has 0 spiro atoms. The van der Waals surface area contributed by atoms with Gasteiger partial charge in [-0.3, -0.25) is 14.7 Å². The molecule has 1 aliphatic heterocycles. The Hall–Kier alpha value is -3.13. The van der Waals surface area contributed by atoms with Crippen LogP contribution in [0.3, 0.4) is 0 Å². The summed E-state index contributed by atoms with van der Waals surface area (Å²) in [7, 11) is 1.75. The third-order valence-corrected chi connectivity index (χ3v) is 6.88. The molecule has 1 aromatic carbocycles. The number of hydrogen-bond acceptors (Lipinski definition) is 6. The molecule has 1 saturated carbocycles. The van der Waals surface area contributed by atoms with Gasteiger partial charge in [-0.1, -0.05) is 19.4 Å². The molecule has 0 bridgehead atoms. The van der Waals surface area contributed by atoms with Gasteiger partial charge in [0.2, 0.25) is 5.95 Å². The van der Waals surface area contributed by atoms with E-state index in [4.69, 9.17) is 4.98 Å². The normalized spacial score (nSPS) is 19.2. The van der Waals surface area contributed by atoms with Crippen molar-refractivity contribution in [2.45, 2.75) is 52.2 Å². The highest BCUT2D eigenvalue weighted by Gasteiger charge is 2.35. The zero-order chi connectivity index (χ0) is 22.9. The van der Waals surface area contributed by atoms with E-state index in [0.29, 0.717) is 28.8 Å². The van der Waals surface area contributed by atoms with Crippen LogP contribution in [0.2, 0.25) is 0 Å². The predicted molar refractivity (Wildman–Crippen MR) is 125 cm³/mol. The first-order chi connectivity index (χ1) is 15.3. The Kier molecular flexibility index (Phi) is 6.06. The maximum absolute atomic E-state index is 13.1. The van der Waals surface area contributed by atoms with Gasteiger partial charge in [0.05, 0.1) is 16.5 Å². The van der Waals surface area contributed by atoms with Crippen LogP contribution >= 0.6 is 0 Å². The van der Waals surface area contributed by atoms with Crippen LogP contribution in [0.4, 0.5) is 5.95 Å². The number of dihydropyridines is 1. The first-order valence-electron chi connectivity index (χ1n) is 11.2. The number of nitrogens with one attached hydrogen (secondary N) is 3. The molecule has 2 aromatic rings. The molecule has 8 nitrogen and oxygen atoms in total. The molecule has 4 rings (SSSR count). The largest absolute Gasteiger partial charge is 0.478 e. The highest BCUT2D eigenvalue weighted by molar-refractivity contribution is 5.88. The fourth-order valence-corrected chi connectivity index (χ4v) is 4.56. The van der Waals surface area contributed by atoms with Crippen molar-refractivity contribution in [1.29, 1.82) is 0 Å². The maximum atomic E-state index is 13.1. The van der Waals surface area contributed by atoms with Gasteiger partial charge in [0, 0.05) is 20.1 Å². The second kappa shape index (κ2) is 8.78. The van der Waals surface area contributed by atoms with Crippen molar-refractivity contribution in [1.82, 2.24) is 20.2 Å². The molecule has 1 atom stereocenters. The molecule has 1 aromatic heterocycles. The predicted octanol–water partition coefficient (Wildman–Crippen LogP) is 2.78. The van der Waals surface area contributed by atoms with E-state index in [1.54, 1.807) is 30.0 Å². The number of aromatic nitrogens is 2. The number of benzene rings is 1. The minimum Gasteiger partial charge on any atom is -0.478 e. The van der Waals surface area contributed by atoms with Crippen LogP contribution in [-0.2, 0) is 18.4 Å². The summed E-state index contributed by atoms with van der Waals surface area (Å²) in [4.78, 5) is 29.5. The smallest absolute Gasteiger partial charge is 0.335 e. The Morgan fingerprint density at radius 3 is 2.81 bits per heavy atom. The van der Waals surface area contributed by atoms with Gasteiger partial charge in [0.1, 0.15) is 6.17 Å². The molecule has 0 saturated heterocycles. The summed E-state index contributed by atoms with van der Waals surface area (Å²) < 4.78 is 1.58. The van der Waals surface area contributed by atoms with Gasteiger partial charge < -0.3 is 15.7 Å². The molecule has 0 radical (unpaired) electrons. The molecule has 1 aliphatic carbocycles. The van der Waals surface area contributed by atoms with Gasteiger partial charge in [-0.25, -0.2) is 9.78 Å². The van der Waals surface area contributed by atoms with Gasteiger partial charge in [-0.2, -0.15) is 0 Å². The van der Waals surface area contributed by atoms with E-state index in [9.17, 15) is 14.7 Å². The van der Waals surface area contributed by atoms with Crippen LogP contribution in [0.25, 0.3) is 10.9 Å². The van der Waals surface area contributed by atoms with Crippen molar-refractivity contribution < 1.29 is 9.90 Å². The van der Waals surface area contributed by atoms with E-state index < -0.39 is 12.1 Å². The summed E-state index contributed by atoms with van der Waals surface area (Å²) in [6.45, 7) is 5.33. The third-order valence-electron chi connectivity index (χ3n) is 6.88. The molecular formula is C24H31N5O3. The average Bonchev–Trinajstić information content (AvgIpc) is 2.75. The van der Waals surface area contributed by atoms with Crippen molar-refractivity contribution in [2.75, 3.05) is 11.9 Å². The SMILES string of the molecule is CCC1(CNc2nc3c(CNC4NC=CC=C4C(=O)O)cc(C)cc3c(=O)n2C)CCC1. The fourth-order valence-electron chi connectivity index (χ4n) is 4.56. The Balaban J connectivity index is 1.64. The van der Waals surface area contributed by atoms with Crippen LogP contribution in [-0.4, -0.2) is 33.3 Å². The molecule has 2 aliphatic rings. The van der Waals surface area contributed by atoms with Gasteiger partial charge in [-0.05, 0) is 67.1 Å². The lowest BCUT2D eigenvalue weighted by atomic mass is 9.67. The number of anilines is 1. The van der Waals surface area contributed by atoms with Crippen molar-refractivity contribution in [3.05, 3.63) is 57.5 Å². The van der Waals surface area contributed by atoms with E-state index in [1.165, 1.54) is 19.3 Å². The lowest BCUT2D eigenvalue weighted by Gasteiger charge is -2.41. The number of rotatable bonds is 8. The van der Waals surface area contributed by atoms with Crippen LogP contribution in [0.15, 0.2) is 40.9 Å². The summed E-state index contributed by atoms with van der Waals surface area (Å²) >= 11 is 0. The first kappa shape index (κ1) is 22.1. The van der Waals surface area contributed by atoms with E-state index in [1.807, 2.05) is 19.1 Å². The Labute approximate surface area is 187 Å². The second-order valence-corrected chi connectivity index (χ2v) is 8.95. The number of allylic oxidation sites excluding steroid dienone is 2. The molecule has 2 heterocycles. The van der Waals surface area contributed by atoms with Gasteiger partial charge in [0.15, 0.2) is 0 Å². The Morgan fingerprint density at radius 2 is 2.16 bits per heavy atom. The van der Waals surface area contributed by atoms with Crippen molar-refractivity contribution in [3.8, 4) is 0 Å². The van der Waals surface area contributed by atoms with Crippen LogP contribution in [0.1, 0.15) is 43.7 Å². The van der Waals surface area contributed by atoms with Crippen LogP contribution in [0, 0.1) is 12.3 Å². The summed E-state index contributed by atoms with van der Waals surface area (Å²) in [5.41, 5.74) is 2.89. The van der Waals surface area contributed by atoms with Gasteiger partial charge >= 0.3 is 5.97 Å². The van der Waals surface area contributed by atoms with Crippen LogP contribution in [0.5, 0.6) is 0 Å². The standard InChI is InChI=1S/C24H31N5O3/c1-4-24(8-6-9-24)14-27-23-28-19-16(11-15(2)12-18(19)21(30)29(23)3)13-26-20-17(22(31)32)7-5-10-25-20/h5,7,10-12,20,25-26H,4,6,8-9,13-14H2,1-3H3,(H,27,28)(H,31,32).